The van der Waals surface area contributed by atoms with Gasteiger partial charge in [-0.2, -0.15) is 0 Å². The van der Waals surface area contributed by atoms with Gasteiger partial charge in [-0.1, -0.05) is 17.7 Å². The van der Waals surface area contributed by atoms with Gasteiger partial charge in [0.2, 0.25) is 0 Å². The number of likely N-dealkylation sites (tertiary alicyclic amines) is 1. The van der Waals surface area contributed by atoms with Crippen LogP contribution in [0.1, 0.15) is 34.0 Å². The predicted octanol–water partition coefficient (Wildman–Crippen LogP) is 3.23. The third-order valence-electron chi connectivity index (χ3n) is 6.79. The van der Waals surface area contributed by atoms with E-state index in [1.165, 1.54) is 12.1 Å². The average molecular weight is 494 g/mol. The normalized spacial score (nSPS) is 19.1. The number of hydrogen-bond acceptors (Lipinski definition) is 5. The van der Waals surface area contributed by atoms with Crippen molar-refractivity contribution < 1.29 is 17.9 Å². The highest BCUT2D eigenvalue weighted by Gasteiger charge is 2.38. The van der Waals surface area contributed by atoms with Crippen molar-refractivity contribution in [2.24, 2.45) is 5.92 Å². The molecule has 0 spiro atoms. The van der Waals surface area contributed by atoms with E-state index in [1.807, 2.05) is 6.92 Å². The fourth-order valence-corrected chi connectivity index (χ4v) is 6.18. The molecule has 2 bridgehead atoms. The van der Waals surface area contributed by atoms with Gasteiger partial charge in [0.1, 0.15) is 5.75 Å². The van der Waals surface area contributed by atoms with E-state index in [9.17, 15) is 18.0 Å². The first-order valence-electron chi connectivity index (χ1n) is 11.5. The largest absolute Gasteiger partial charge is 0.497 e. The van der Waals surface area contributed by atoms with Gasteiger partial charge in [0, 0.05) is 37.2 Å². The quantitative estimate of drug-likeness (QED) is 0.589. The Kier molecular flexibility index (Phi) is 5.88. The fourth-order valence-electron chi connectivity index (χ4n) is 5.10. The summed E-state index contributed by atoms with van der Waals surface area (Å²) in [6.07, 6.45) is 0.787. The Balaban J connectivity index is 1.46. The van der Waals surface area contributed by atoms with Gasteiger partial charge >= 0.3 is 0 Å². The van der Waals surface area contributed by atoms with Crippen molar-refractivity contribution in [1.29, 1.82) is 0 Å². The molecule has 0 unspecified atom stereocenters. The molecule has 0 radical (unpaired) electrons. The maximum absolute atomic E-state index is 13.2. The molecular formula is C26H27N3O5S. The van der Waals surface area contributed by atoms with Crippen LogP contribution < -0.4 is 15.0 Å². The highest BCUT2D eigenvalue weighted by Crippen LogP contribution is 2.39. The molecule has 2 aromatic carbocycles. The summed E-state index contributed by atoms with van der Waals surface area (Å²) in [4.78, 5) is 27.9. The lowest BCUT2D eigenvalue weighted by molar-refractivity contribution is 0.0595. The number of aryl methyl sites for hydroxylation is 1. The smallest absolute Gasteiger partial charge is 0.261 e. The number of rotatable bonds is 5. The zero-order valence-corrected chi connectivity index (χ0v) is 20.4. The summed E-state index contributed by atoms with van der Waals surface area (Å²) < 4.78 is 35.7. The number of piperidine rings is 1. The maximum Gasteiger partial charge on any atom is 0.261 e. The number of amides is 1. The third-order valence-corrected chi connectivity index (χ3v) is 8.17. The first kappa shape index (κ1) is 23.2. The van der Waals surface area contributed by atoms with Crippen LogP contribution in [0, 0.1) is 12.8 Å². The first-order chi connectivity index (χ1) is 16.7. The van der Waals surface area contributed by atoms with E-state index in [1.54, 1.807) is 65.1 Å². The number of benzene rings is 2. The van der Waals surface area contributed by atoms with E-state index in [2.05, 4.69) is 4.72 Å². The number of fused-ring (bicyclic) bond motifs is 4. The molecule has 9 heteroatoms. The molecule has 1 aromatic heterocycles. The molecule has 182 valence electrons. The monoisotopic (exact) mass is 493 g/mol. The molecule has 8 nitrogen and oxygen atoms in total. The lowest BCUT2D eigenvalue weighted by Crippen LogP contribution is -2.49. The number of pyridine rings is 1. The zero-order chi connectivity index (χ0) is 24.7. The molecule has 1 fully saturated rings. The molecule has 3 heterocycles. The summed E-state index contributed by atoms with van der Waals surface area (Å²) in [5.74, 6) is 0.547. The molecule has 1 N–H and O–H groups in total. The second-order valence-corrected chi connectivity index (χ2v) is 10.9. The Morgan fingerprint density at radius 3 is 2.37 bits per heavy atom. The second kappa shape index (κ2) is 8.88. The fraction of sp³-hybridized carbons (Fsp3) is 0.308. The van der Waals surface area contributed by atoms with E-state index < -0.39 is 10.0 Å². The number of anilines is 1. The van der Waals surface area contributed by atoms with E-state index in [0.29, 0.717) is 42.3 Å². The van der Waals surface area contributed by atoms with Gasteiger partial charge < -0.3 is 14.2 Å². The number of ether oxygens (including phenoxy) is 1. The summed E-state index contributed by atoms with van der Waals surface area (Å²) in [5, 5.41) is 0. The van der Waals surface area contributed by atoms with Crippen LogP contribution in [0.4, 0.5) is 5.69 Å². The number of nitrogens with one attached hydrogen (secondary N) is 1. The van der Waals surface area contributed by atoms with Gasteiger partial charge in [0.05, 0.1) is 23.4 Å². The van der Waals surface area contributed by atoms with Crippen LogP contribution >= 0.6 is 0 Å². The number of aromatic nitrogens is 1. The Morgan fingerprint density at radius 2 is 1.69 bits per heavy atom. The Bertz CT molecular complexity index is 1430. The molecule has 0 aliphatic carbocycles. The standard InChI is InChI=1S/C26H27N3O5S/c1-17-3-9-22(10-4-17)35(32,33)27-23-11-12-24(30)29-15-18-13-20(25(23)29)16-28(14-18)26(31)19-5-7-21(34-2)8-6-19/h3-12,18,20,27H,13-16H2,1-2H3/t18-,20-/m0/s1. The topological polar surface area (TPSA) is 97.7 Å². The maximum atomic E-state index is 13.2. The minimum absolute atomic E-state index is 0.0872. The third kappa shape index (κ3) is 4.43. The van der Waals surface area contributed by atoms with E-state index in [4.69, 9.17) is 4.74 Å². The van der Waals surface area contributed by atoms with Crippen LogP contribution in [0.5, 0.6) is 5.75 Å². The van der Waals surface area contributed by atoms with Crippen LogP contribution in [-0.2, 0) is 16.6 Å². The molecule has 2 atom stereocenters. The highest BCUT2D eigenvalue weighted by atomic mass is 32.2. The van der Waals surface area contributed by atoms with Gasteiger partial charge in [-0.3, -0.25) is 14.3 Å². The molecule has 1 saturated heterocycles. The number of sulfonamides is 1. The Morgan fingerprint density at radius 1 is 0.971 bits per heavy atom. The van der Waals surface area contributed by atoms with Crippen molar-refractivity contribution in [3.8, 4) is 5.75 Å². The molecule has 5 rings (SSSR count). The molecule has 0 saturated carbocycles. The second-order valence-electron chi connectivity index (χ2n) is 9.24. The number of nitrogens with zero attached hydrogens (tertiary/aromatic N) is 2. The van der Waals surface area contributed by atoms with Crippen LogP contribution in [0.25, 0.3) is 0 Å². The first-order valence-corrected chi connectivity index (χ1v) is 13.0. The van der Waals surface area contributed by atoms with Crippen LogP contribution in [0.15, 0.2) is 70.4 Å². The van der Waals surface area contributed by atoms with Gasteiger partial charge in [0.15, 0.2) is 0 Å². The summed E-state index contributed by atoms with van der Waals surface area (Å²) in [6.45, 7) is 3.29. The van der Waals surface area contributed by atoms with Crippen LogP contribution in [0.2, 0.25) is 0 Å². The van der Waals surface area contributed by atoms with Crippen LogP contribution in [0.3, 0.4) is 0 Å². The average Bonchev–Trinajstić information content (AvgIpc) is 2.85. The van der Waals surface area contributed by atoms with Crippen LogP contribution in [-0.4, -0.2) is 44.0 Å². The molecular weight excluding hydrogens is 466 g/mol. The number of methoxy groups -OCH3 is 1. The lowest BCUT2D eigenvalue weighted by atomic mass is 9.82. The molecule has 1 amide bonds. The van der Waals surface area contributed by atoms with Gasteiger partial charge in [-0.25, -0.2) is 8.42 Å². The SMILES string of the molecule is COc1ccc(C(=O)N2C[C@@H]3C[C@@H](C2)c2c(NS(=O)(=O)c4ccc(C)cc4)ccc(=O)n2C3)cc1. The summed E-state index contributed by atoms with van der Waals surface area (Å²) in [5.41, 5.74) is 2.38. The molecule has 35 heavy (non-hydrogen) atoms. The number of hydrogen-bond donors (Lipinski definition) is 1. The highest BCUT2D eigenvalue weighted by molar-refractivity contribution is 7.92. The minimum Gasteiger partial charge on any atom is -0.497 e. The molecule has 2 aliphatic rings. The van der Waals surface area contributed by atoms with E-state index in [0.717, 1.165) is 12.0 Å². The van der Waals surface area contributed by atoms with Crippen molar-refractivity contribution in [1.82, 2.24) is 9.47 Å². The van der Waals surface area contributed by atoms with Gasteiger partial charge in [-0.15, -0.1) is 0 Å². The molecule has 2 aliphatic heterocycles. The number of carbonyl (C=O) groups excluding carboxylic acids is 1. The van der Waals surface area contributed by atoms with Crippen molar-refractivity contribution >= 4 is 21.6 Å². The lowest BCUT2D eigenvalue weighted by Gasteiger charge is -2.43. The number of carbonyl (C=O) groups is 1. The Labute approximate surface area is 204 Å². The Hall–Kier alpha value is -3.59. The van der Waals surface area contributed by atoms with E-state index in [-0.39, 0.29) is 28.2 Å². The van der Waals surface area contributed by atoms with Crippen molar-refractivity contribution in [3.05, 3.63) is 87.8 Å². The van der Waals surface area contributed by atoms with Gasteiger partial charge in [-0.05, 0) is 61.7 Å². The minimum atomic E-state index is -3.84. The van der Waals surface area contributed by atoms with Crippen molar-refractivity contribution in [2.45, 2.75) is 30.7 Å². The summed E-state index contributed by atoms with van der Waals surface area (Å²) >= 11 is 0. The predicted molar refractivity (Wildman–Crippen MR) is 132 cm³/mol. The molecule has 3 aromatic rings. The summed E-state index contributed by atoms with van der Waals surface area (Å²) in [7, 11) is -2.26. The van der Waals surface area contributed by atoms with E-state index >= 15 is 0 Å². The van der Waals surface area contributed by atoms with Gasteiger partial charge in [0.25, 0.3) is 21.5 Å². The van der Waals surface area contributed by atoms with Crippen molar-refractivity contribution in [3.63, 3.8) is 0 Å². The zero-order valence-electron chi connectivity index (χ0n) is 19.6. The summed E-state index contributed by atoms with van der Waals surface area (Å²) in [6, 6.07) is 16.5. The van der Waals surface area contributed by atoms with Crippen molar-refractivity contribution in [2.75, 3.05) is 24.9 Å².